The average Bonchev–Trinajstić information content (AvgIpc) is 3.01. The Labute approximate surface area is 126 Å². The number of likely N-dealkylation sites (tertiary alicyclic amines) is 1. The van der Waals surface area contributed by atoms with E-state index in [2.05, 4.69) is 35.2 Å². The molecule has 116 valence electrons. The van der Waals surface area contributed by atoms with Crippen LogP contribution in [-0.2, 0) is 13.0 Å². The molecule has 3 heterocycles. The molecule has 0 radical (unpaired) electrons. The van der Waals surface area contributed by atoms with Crippen molar-refractivity contribution in [1.82, 2.24) is 14.5 Å². The maximum atomic E-state index is 11.5. The lowest BCUT2D eigenvalue weighted by molar-refractivity contribution is 0.0689. The minimum atomic E-state index is -0.877. The lowest BCUT2D eigenvalue weighted by Crippen LogP contribution is -2.28. The van der Waals surface area contributed by atoms with Gasteiger partial charge >= 0.3 is 5.97 Å². The van der Waals surface area contributed by atoms with Gasteiger partial charge in [0.25, 0.3) is 0 Å². The molecule has 3 rings (SSSR count). The van der Waals surface area contributed by atoms with Crippen molar-refractivity contribution < 1.29 is 9.90 Å². The van der Waals surface area contributed by atoms with Crippen LogP contribution in [0, 0.1) is 5.92 Å². The number of hydrogen-bond acceptors (Lipinski definition) is 3. The van der Waals surface area contributed by atoms with Crippen molar-refractivity contribution in [2.45, 2.75) is 58.5 Å². The van der Waals surface area contributed by atoms with Crippen molar-refractivity contribution in [3.63, 3.8) is 0 Å². The Morgan fingerprint density at radius 1 is 1.33 bits per heavy atom. The van der Waals surface area contributed by atoms with Crippen molar-refractivity contribution in [3.05, 3.63) is 17.2 Å². The van der Waals surface area contributed by atoms with Gasteiger partial charge in [0.15, 0.2) is 5.69 Å². The van der Waals surface area contributed by atoms with Gasteiger partial charge in [-0.3, -0.25) is 0 Å². The minimum absolute atomic E-state index is 0.291. The van der Waals surface area contributed by atoms with Gasteiger partial charge in [-0.25, -0.2) is 9.78 Å². The summed E-state index contributed by atoms with van der Waals surface area (Å²) < 4.78 is 2.21. The largest absolute Gasteiger partial charge is 0.476 e. The van der Waals surface area contributed by atoms with Crippen LogP contribution in [0.5, 0.6) is 0 Å². The molecule has 0 spiro atoms. The van der Waals surface area contributed by atoms with Crippen molar-refractivity contribution in [2.24, 2.45) is 5.92 Å². The van der Waals surface area contributed by atoms with Crippen LogP contribution in [0.3, 0.4) is 0 Å². The number of rotatable bonds is 3. The predicted octanol–water partition coefficient (Wildman–Crippen LogP) is 2.36. The molecule has 1 saturated heterocycles. The molecule has 1 N–H and O–H groups in total. The van der Waals surface area contributed by atoms with Gasteiger partial charge in [-0.15, -0.1) is 0 Å². The summed E-state index contributed by atoms with van der Waals surface area (Å²) in [6.07, 6.45) is 3.05. The fraction of sp³-hybridized carbons (Fsp3) is 0.750. The first-order chi connectivity index (χ1) is 9.97. The van der Waals surface area contributed by atoms with E-state index in [-0.39, 0.29) is 0 Å². The number of hydrogen-bond donors (Lipinski definition) is 1. The molecule has 1 aromatic rings. The standard InChI is InChI=1S/C16H25N3O2/c1-10(2)18-6-5-12(9-18)15-17-14(16(20)21)13-8-11(3)4-7-19(13)15/h10-12H,4-9H2,1-3H3,(H,20,21). The second-order valence-electron chi connectivity index (χ2n) is 6.89. The van der Waals surface area contributed by atoms with Crippen LogP contribution in [0.1, 0.15) is 61.5 Å². The third-order valence-corrected chi connectivity index (χ3v) is 5.01. The Morgan fingerprint density at radius 2 is 2.10 bits per heavy atom. The number of carbonyl (C=O) groups is 1. The highest BCUT2D eigenvalue weighted by Crippen LogP contribution is 2.33. The summed E-state index contributed by atoms with van der Waals surface area (Å²) in [5, 5.41) is 9.44. The highest BCUT2D eigenvalue weighted by atomic mass is 16.4. The molecule has 0 saturated carbocycles. The predicted molar refractivity (Wildman–Crippen MR) is 80.7 cm³/mol. The number of aromatic carboxylic acids is 1. The Balaban J connectivity index is 1.93. The zero-order chi connectivity index (χ0) is 15.1. The first kappa shape index (κ1) is 14.6. The van der Waals surface area contributed by atoms with Gasteiger partial charge in [-0.2, -0.15) is 0 Å². The van der Waals surface area contributed by atoms with E-state index in [1.165, 1.54) is 0 Å². The zero-order valence-corrected chi connectivity index (χ0v) is 13.2. The number of nitrogens with zero attached hydrogens (tertiary/aromatic N) is 3. The Morgan fingerprint density at radius 3 is 2.71 bits per heavy atom. The molecule has 0 aliphatic carbocycles. The highest BCUT2D eigenvalue weighted by Gasteiger charge is 2.33. The van der Waals surface area contributed by atoms with E-state index in [9.17, 15) is 9.90 Å². The van der Waals surface area contributed by atoms with Gasteiger partial charge in [0.05, 0.1) is 5.69 Å². The maximum absolute atomic E-state index is 11.5. The molecule has 0 amide bonds. The molecule has 2 unspecified atom stereocenters. The van der Waals surface area contributed by atoms with E-state index >= 15 is 0 Å². The van der Waals surface area contributed by atoms with E-state index in [0.717, 1.165) is 50.4 Å². The maximum Gasteiger partial charge on any atom is 0.356 e. The van der Waals surface area contributed by atoms with Crippen LogP contribution < -0.4 is 0 Å². The SMILES string of the molecule is CC1CCn2c(C3CCN(C(C)C)C3)nc(C(=O)O)c2C1. The van der Waals surface area contributed by atoms with Crippen LogP contribution in [0.4, 0.5) is 0 Å². The molecule has 5 nitrogen and oxygen atoms in total. The lowest BCUT2D eigenvalue weighted by atomic mass is 9.96. The van der Waals surface area contributed by atoms with Crippen LogP contribution in [0.25, 0.3) is 0 Å². The number of carboxylic acids is 1. The average molecular weight is 291 g/mol. The number of carboxylic acid groups (broad SMARTS) is 1. The molecule has 1 fully saturated rings. The van der Waals surface area contributed by atoms with E-state index in [4.69, 9.17) is 0 Å². The topological polar surface area (TPSA) is 58.4 Å². The summed E-state index contributed by atoms with van der Waals surface area (Å²) in [4.78, 5) is 18.5. The smallest absolute Gasteiger partial charge is 0.356 e. The van der Waals surface area contributed by atoms with E-state index < -0.39 is 5.97 Å². The molecule has 2 atom stereocenters. The normalized spacial score (nSPS) is 26.3. The summed E-state index contributed by atoms with van der Waals surface area (Å²) >= 11 is 0. The fourth-order valence-corrected chi connectivity index (χ4v) is 3.69. The number of aromatic nitrogens is 2. The summed E-state index contributed by atoms with van der Waals surface area (Å²) in [5.74, 6) is 1.07. The molecule has 0 aromatic carbocycles. The summed E-state index contributed by atoms with van der Waals surface area (Å²) in [6, 6.07) is 0.546. The first-order valence-electron chi connectivity index (χ1n) is 8.04. The number of fused-ring (bicyclic) bond motifs is 1. The van der Waals surface area contributed by atoms with Crippen LogP contribution in [-0.4, -0.2) is 44.7 Å². The molecule has 5 heteroatoms. The number of imidazole rings is 1. The van der Waals surface area contributed by atoms with E-state index in [1.807, 2.05) is 0 Å². The van der Waals surface area contributed by atoms with Crippen LogP contribution in [0.15, 0.2) is 0 Å². The van der Waals surface area contributed by atoms with Crippen molar-refractivity contribution in [3.8, 4) is 0 Å². The Hall–Kier alpha value is -1.36. The molecule has 0 bridgehead atoms. The molecule has 2 aliphatic rings. The quantitative estimate of drug-likeness (QED) is 0.929. The second kappa shape index (κ2) is 5.44. The second-order valence-corrected chi connectivity index (χ2v) is 6.89. The molecule has 21 heavy (non-hydrogen) atoms. The van der Waals surface area contributed by atoms with Gasteiger partial charge < -0.3 is 14.6 Å². The monoisotopic (exact) mass is 291 g/mol. The van der Waals surface area contributed by atoms with Gasteiger partial charge in [0.2, 0.25) is 0 Å². The van der Waals surface area contributed by atoms with E-state index in [1.54, 1.807) is 0 Å². The lowest BCUT2D eigenvalue weighted by Gasteiger charge is -2.24. The Kier molecular flexibility index (Phi) is 3.78. The highest BCUT2D eigenvalue weighted by molar-refractivity contribution is 5.87. The molecular weight excluding hydrogens is 266 g/mol. The van der Waals surface area contributed by atoms with E-state index in [0.29, 0.717) is 23.6 Å². The van der Waals surface area contributed by atoms with Crippen molar-refractivity contribution in [1.29, 1.82) is 0 Å². The fourth-order valence-electron chi connectivity index (χ4n) is 3.69. The van der Waals surface area contributed by atoms with Crippen molar-refractivity contribution in [2.75, 3.05) is 13.1 Å². The Bertz CT molecular complexity index is 550. The van der Waals surface area contributed by atoms with Gasteiger partial charge in [0, 0.05) is 25.0 Å². The van der Waals surface area contributed by atoms with Gasteiger partial charge in [-0.05, 0) is 45.6 Å². The first-order valence-corrected chi connectivity index (χ1v) is 8.04. The third kappa shape index (κ3) is 2.59. The summed E-state index contributed by atoms with van der Waals surface area (Å²) in [6.45, 7) is 9.63. The molecule has 1 aromatic heterocycles. The zero-order valence-electron chi connectivity index (χ0n) is 13.2. The van der Waals surface area contributed by atoms with Crippen LogP contribution in [0.2, 0.25) is 0 Å². The summed E-state index contributed by atoms with van der Waals surface area (Å²) in [5.41, 5.74) is 1.23. The van der Waals surface area contributed by atoms with Crippen LogP contribution >= 0.6 is 0 Å². The minimum Gasteiger partial charge on any atom is -0.476 e. The van der Waals surface area contributed by atoms with Crippen molar-refractivity contribution >= 4 is 5.97 Å². The van der Waals surface area contributed by atoms with Gasteiger partial charge in [0.1, 0.15) is 5.82 Å². The molecule has 2 aliphatic heterocycles. The third-order valence-electron chi connectivity index (χ3n) is 5.01. The summed E-state index contributed by atoms with van der Waals surface area (Å²) in [7, 11) is 0. The van der Waals surface area contributed by atoms with Gasteiger partial charge in [-0.1, -0.05) is 6.92 Å². The molecular formula is C16H25N3O2.